The van der Waals surface area contributed by atoms with Gasteiger partial charge in [-0.25, -0.2) is 0 Å². The van der Waals surface area contributed by atoms with Crippen molar-refractivity contribution in [2.75, 3.05) is 0 Å². The molecule has 14 heavy (non-hydrogen) atoms. The van der Waals surface area contributed by atoms with Crippen molar-refractivity contribution < 1.29 is 5.11 Å². The van der Waals surface area contributed by atoms with Gasteiger partial charge < -0.3 is 5.11 Å². The number of aliphatic hydroxyl groups is 1. The number of halogens is 2. The van der Waals surface area contributed by atoms with E-state index in [4.69, 9.17) is 23.2 Å². The smallest absolute Gasteiger partial charge is 0.0627 e. The summed E-state index contributed by atoms with van der Waals surface area (Å²) in [5.41, 5.74) is 1.07. The Morgan fingerprint density at radius 1 is 1.43 bits per heavy atom. The maximum atomic E-state index is 9.41. The number of aliphatic hydroxyl groups excluding tert-OH is 1. The molecule has 0 heterocycles. The van der Waals surface area contributed by atoms with Gasteiger partial charge in [0.1, 0.15) is 0 Å². The van der Waals surface area contributed by atoms with Gasteiger partial charge in [-0.2, -0.15) is 0 Å². The van der Waals surface area contributed by atoms with Crippen molar-refractivity contribution in [1.82, 2.24) is 0 Å². The lowest BCUT2D eigenvalue weighted by atomic mass is 10.1. The van der Waals surface area contributed by atoms with Crippen LogP contribution >= 0.6 is 23.2 Å². The number of hydrogen-bond acceptors (Lipinski definition) is 1. The van der Waals surface area contributed by atoms with Crippen molar-refractivity contribution in [3.63, 3.8) is 0 Å². The molecule has 3 atom stereocenters. The molecule has 1 aliphatic carbocycles. The van der Waals surface area contributed by atoms with Gasteiger partial charge in [-0.1, -0.05) is 35.3 Å². The van der Waals surface area contributed by atoms with Crippen LogP contribution in [-0.4, -0.2) is 11.2 Å². The van der Waals surface area contributed by atoms with E-state index in [2.05, 4.69) is 0 Å². The third-order valence-electron chi connectivity index (χ3n) is 2.84. The summed E-state index contributed by atoms with van der Waals surface area (Å²) in [4.78, 5) is 0. The molecule has 1 aliphatic rings. The minimum Gasteiger partial charge on any atom is -0.393 e. The van der Waals surface area contributed by atoms with E-state index in [0.717, 1.165) is 12.0 Å². The quantitative estimate of drug-likeness (QED) is 0.826. The fourth-order valence-electron chi connectivity index (χ4n) is 1.91. The summed E-state index contributed by atoms with van der Waals surface area (Å²) in [6.45, 7) is 1.82. The van der Waals surface area contributed by atoms with Crippen LogP contribution in [0.1, 0.15) is 24.8 Å². The minimum absolute atomic E-state index is 0.255. The Morgan fingerprint density at radius 3 is 2.71 bits per heavy atom. The highest BCUT2D eigenvalue weighted by Gasteiger charge is 2.42. The van der Waals surface area contributed by atoms with Gasteiger partial charge in [0, 0.05) is 0 Å². The first-order chi connectivity index (χ1) is 6.61. The van der Waals surface area contributed by atoms with E-state index in [9.17, 15) is 5.11 Å². The summed E-state index contributed by atoms with van der Waals surface area (Å²) in [6, 6.07) is 5.68. The molecule has 76 valence electrons. The molecule has 3 heteroatoms. The molecule has 0 radical (unpaired) electrons. The second-order valence-corrected chi connectivity index (χ2v) is 4.67. The molecule has 1 N–H and O–H groups in total. The van der Waals surface area contributed by atoms with E-state index in [-0.39, 0.29) is 6.10 Å². The van der Waals surface area contributed by atoms with E-state index < -0.39 is 0 Å². The molecular formula is C11H12Cl2O. The molecule has 0 amide bonds. The van der Waals surface area contributed by atoms with Gasteiger partial charge in [0.2, 0.25) is 0 Å². The van der Waals surface area contributed by atoms with E-state index in [1.54, 1.807) is 6.07 Å². The van der Waals surface area contributed by atoms with E-state index in [0.29, 0.717) is 21.9 Å². The van der Waals surface area contributed by atoms with Crippen LogP contribution in [0.4, 0.5) is 0 Å². The zero-order chi connectivity index (χ0) is 10.3. The largest absolute Gasteiger partial charge is 0.393 e. The highest BCUT2D eigenvalue weighted by molar-refractivity contribution is 6.42. The summed E-state index contributed by atoms with van der Waals surface area (Å²) < 4.78 is 0. The number of rotatable bonds is 2. The van der Waals surface area contributed by atoms with E-state index in [1.165, 1.54) is 0 Å². The fourth-order valence-corrected chi connectivity index (χ4v) is 2.36. The van der Waals surface area contributed by atoms with Gasteiger partial charge in [0.05, 0.1) is 16.1 Å². The van der Waals surface area contributed by atoms with Crippen molar-refractivity contribution in [3.8, 4) is 0 Å². The first-order valence-corrected chi connectivity index (χ1v) is 5.49. The summed E-state index contributed by atoms with van der Waals surface area (Å²) in [5, 5.41) is 10.6. The molecule has 1 aromatic carbocycles. The average molecular weight is 231 g/mol. The van der Waals surface area contributed by atoms with Gasteiger partial charge in [-0.05, 0) is 36.8 Å². The van der Waals surface area contributed by atoms with Gasteiger partial charge in [-0.15, -0.1) is 0 Å². The topological polar surface area (TPSA) is 20.2 Å². The van der Waals surface area contributed by atoms with Crippen LogP contribution in [0.3, 0.4) is 0 Å². The lowest BCUT2D eigenvalue weighted by Gasteiger charge is -2.06. The summed E-state index contributed by atoms with van der Waals surface area (Å²) in [5.74, 6) is 0.743. The summed E-state index contributed by atoms with van der Waals surface area (Å²) in [6.07, 6.45) is 0.757. The lowest BCUT2D eigenvalue weighted by Crippen LogP contribution is -2.03. The molecular weight excluding hydrogens is 219 g/mol. The van der Waals surface area contributed by atoms with Crippen molar-refractivity contribution in [3.05, 3.63) is 33.8 Å². The molecule has 0 spiro atoms. The number of benzene rings is 1. The van der Waals surface area contributed by atoms with Crippen molar-refractivity contribution in [2.24, 2.45) is 5.92 Å². The van der Waals surface area contributed by atoms with Crippen LogP contribution in [0.2, 0.25) is 10.0 Å². The normalized spacial score (nSPS) is 27.4. The van der Waals surface area contributed by atoms with Gasteiger partial charge >= 0.3 is 0 Å². The predicted octanol–water partition coefficient (Wildman–Crippen LogP) is 3.48. The first kappa shape index (κ1) is 10.3. The Hall–Kier alpha value is -0.240. The van der Waals surface area contributed by atoms with E-state index >= 15 is 0 Å². The number of hydrogen-bond donors (Lipinski definition) is 1. The van der Waals surface area contributed by atoms with Crippen LogP contribution in [0.5, 0.6) is 0 Å². The monoisotopic (exact) mass is 230 g/mol. The average Bonchev–Trinajstić information content (AvgIpc) is 2.89. The van der Waals surface area contributed by atoms with E-state index in [1.807, 2.05) is 19.1 Å². The van der Waals surface area contributed by atoms with Crippen LogP contribution in [-0.2, 0) is 0 Å². The Morgan fingerprint density at radius 2 is 2.14 bits per heavy atom. The standard InChI is InChI=1S/C11H12Cl2O/c1-6(14)8-5-9(8)7-3-2-4-10(12)11(7)13/h2-4,6,8-9,14H,5H2,1H3/t6-,8-,9-/m0/s1. The third-order valence-corrected chi connectivity index (χ3v) is 3.67. The fraction of sp³-hybridized carbons (Fsp3) is 0.455. The summed E-state index contributed by atoms with van der Waals surface area (Å²) in [7, 11) is 0. The van der Waals surface area contributed by atoms with Crippen molar-refractivity contribution in [1.29, 1.82) is 0 Å². The van der Waals surface area contributed by atoms with Gasteiger partial charge in [0.25, 0.3) is 0 Å². The second-order valence-electron chi connectivity index (χ2n) is 3.89. The Bertz CT molecular complexity index is 349. The molecule has 0 unspecified atom stereocenters. The van der Waals surface area contributed by atoms with Gasteiger partial charge in [0.15, 0.2) is 0 Å². The second kappa shape index (κ2) is 3.73. The molecule has 1 saturated carbocycles. The highest BCUT2D eigenvalue weighted by Crippen LogP contribution is 2.52. The lowest BCUT2D eigenvalue weighted by molar-refractivity contribution is 0.169. The predicted molar refractivity (Wildman–Crippen MR) is 59.0 cm³/mol. The molecule has 2 rings (SSSR count). The first-order valence-electron chi connectivity index (χ1n) is 4.73. The van der Waals surface area contributed by atoms with Crippen LogP contribution in [0, 0.1) is 5.92 Å². The molecule has 0 bridgehead atoms. The maximum Gasteiger partial charge on any atom is 0.0627 e. The zero-order valence-corrected chi connectivity index (χ0v) is 9.39. The Labute approximate surface area is 93.7 Å². The Balaban J connectivity index is 2.23. The SMILES string of the molecule is C[C@H](O)[C@@H]1C[C@H]1c1cccc(Cl)c1Cl. The van der Waals surface area contributed by atoms with Crippen LogP contribution in [0.15, 0.2) is 18.2 Å². The molecule has 0 aromatic heterocycles. The van der Waals surface area contributed by atoms with Crippen LogP contribution in [0.25, 0.3) is 0 Å². The summed E-state index contributed by atoms with van der Waals surface area (Å²) >= 11 is 12.0. The molecule has 1 fully saturated rings. The highest BCUT2D eigenvalue weighted by atomic mass is 35.5. The van der Waals surface area contributed by atoms with Crippen molar-refractivity contribution in [2.45, 2.75) is 25.4 Å². The van der Waals surface area contributed by atoms with Crippen molar-refractivity contribution >= 4 is 23.2 Å². The maximum absolute atomic E-state index is 9.41. The Kier molecular flexibility index (Phi) is 2.74. The molecule has 1 nitrogen and oxygen atoms in total. The molecule has 0 saturated heterocycles. The van der Waals surface area contributed by atoms with Gasteiger partial charge in [-0.3, -0.25) is 0 Å². The van der Waals surface area contributed by atoms with Crippen LogP contribution < -0.4 is 0 Å². The zero-order valence-electron chi connectivity index (χ0n) is 7.87. The minimum atomic E-state index is -0.255. The third kappa shape index (κ3) is 1.77. The molecule has 0 aliphatic heterocycles. The molecule has 1 aromatic rings.